The normalized spacial score (nSPS) is 10.3. The lowest BCUT2D eigenvalue weighted by Gasteiger charge is -2.07. The number of rotatable bonds is 4. The molecule has 0 radical (unpaired) electrons. The minimum atomic E-state index is -0.209. The first-order valence-corrected chi connectivity index (χ1v) is 6.50. The molecule has 0 heterocycles. The Bertz CT molecular complexity index is 612. The molecule has 0 unspecified atom stereocenters. The fourth-order valence-corrected chi connectivity index (χ4v) is 1.85. The van der Waals surface area contributed by atoms with Crippen LogP contribution in [-0.2, 0) is 13.2 Å². The standard InChI is InChI=1S/C15H15ClN2O2/c16-13-6-5-12(7-14(13)17)15(20)18-8-10-1-3-11(9-19)4-2-10/h1-7,19H,8-9,17H2,(H,18,20). The Balaban J connectivity index is 1.98. The Labute approximate surface area is 122 Å². The van der Waals surface area contributed by atoms with Gasteiger partial charge in [-0.05, 0) is 29.3 Å². The predicted octanol–water partition coefficient (Wildman–Crippen LogP) is 2.34. The quantitative estimate of drug-likeness (QED) is 0.757. The molecule has 0 aliphatic heterocycles. The third kappa shape index (κ3) is 3.50. The van der Waals surface area contributed by atoms with Crippen molar-refractivity contribution in [3.05, 3.63) is 64.2 Å². The molecule has 0 bridgehead atoms. The van der Waals surface area contributed by atoms with Crippen LogP contribution in [0.25, 0.3) is 0 Å². The second kappa shape index (κ2) is 6.41. The molecule has 0 aliphatic carbocycles. The minimum absolute atomic E-state index is 0.0106. The van der Waals surface area contributed by atoms with Crippen LogP contribution in [0.2, 0.25) is 5.02 Å². The molecule has 0 aliphatic rings. The van der Waals surface area contributed by atoms with Crippen LogP contribution in [-0.4, -0.2) is 11.0 Å². The van der Waals surface area contributed by atoms with Gasteiger partial charge in [-0.25, -0.2) is 0 Å². The number of carbonyl (C=O) groups excluding carboxylic acids is 1. The van der Waals surface area contributed by atoms with Crippen molar-refractivity contribution in [3.8, 4) is 0 Å². The highest BCUT2D eigenvalue weighted by Crippen LogP contribution is 2.19. The first kappa shape index (κ1) is 14.4. The first-order valence-electron chi connectivity index (χ1n) is 6.12. The molecule has 20 heavy (non-hydrogen) atoms. The van der Waals surface area contributed by atoms with E-state index in [1.807, 2.05) is 24.3 Å². The van der Waals surface area contributed by atoms with Crippen LogP contribution in [0.15, 0.2) is 42.5 Å². The van der Waals surface area contributed by atoms with Gasteiger partial charge in [-0.15, -0.1) is 0 Å². The zero-order valence-electron chi connectivity index (χ0n) is 10.8. The molecule has 2 aromatic rings. The van der Waals surface area contributed by atoms with Gasteiger partial charge in [-0.2, -0.15) is 0 Å². The van der Waals surface area contributed by atoms with Crippen molar-refractivity contribution in [2.75, 3.05) is 5.73 Å². The van der Waals surface area contributed by atoms with Crippen molar-refractivity contribution >= 4 is 23.2 Å². The first-order chi connectivity index (χ1) is 9.60. The molecule has 5 heteroatoms. The number of carbonyl (C=O) groups is 1. The van der Waals surface area contributed by atoms with Crippen LogP contribution in [0.5, 0.6) is 0 Å². The number of amides is 1. The van der Waals surface area contributed by atoms with Gasteiger partial charge in [-0.1, -0.05) is 35.9 Å². The molecule has 0 aromatic heterocycles. The van der Waals surface area contributed by atoms with Gasteiger partial charge >= 0.3 is 0 Å². The smallest absolute Gasteiger partial charge is 0.251 e. The van der Waals surface area contributed by atoms with E-state index in [1.165, 1.54) is 0 Å². The summed E-state index contributed by atoms with van der Waals surface area (Å²) >= 11 is 5.81. The number of benzene rings is 2. The Morgan fingerprint density at radius 1 is 1.15 bits per heavy atom. The van der Waals surface area contributed by atoms with Gasteiger partial charge in [0, 0.05) is 12.1 Å². The van der Waals surface area contributed by atoms with Crippen LogP contribution >= 0.6 is 11.6 Å². The second-order valence-corrected chi connectivity index (χ2v) is 4.80. The van der Waals surface area contributed by atoms with E-state index in [2.05, 4.69) is 5.32 Å². The second-order valence-electron chi connectivity index (χ2n) is 4.39. The highest BCUT2D eigenvalue weighted by atomic mass is 35.5. The van der Waals surface area contributed by atoms with E-state index in [9.17, 15) is 4.79 Å². The summed E-state index contributed by atoms with van der Waals surface area (Å²) in [5.74, 6) is -0.209. The number of halogens is 1. The summed E-state index contributed by atoms with van der Waals surface area (Å²) in [6.07, 6.45) is 0. The Morgan fingerprint density at radius 3 is 2.40 bits per heavy atom. The summed E-state index contributed by atoms with van der Waals surface area (Å²) in [7, 11) is 0. The zero-order valence-corrected chi connectivity index (χ0v) is 11.5. The van der Waals surface area contributed by atoms with Crippen molar-refractivity contribution in [1.29, 1.82) is 0 Å². The van der Waals surface area contributed by atoms with Gasteiger partial charge in [0.15, 0.2) is 0 Å². The van der Waals surface area contributed by atoms with Crippen molar-refractivity contribution in [3.63, 3.8) is 0 Å². The van der Waals surface area contributed by atoms with E-state index < -0.39 is 0 Å². The Morgan fingerprint density at radius 2 is 1.80 bits per heavy atom. The van der Waals surface area contributed by atoms with Gasteiger partial charge in [0.1, 0.15) is 0 Å². The molecule has 0 spiro atoms. The lowest BCUT2D eigenvalue weighted by Crippen LogP contribution is -2.22. The van der Waals surface area contributed by atoms with Crippen molar-refractivity contribution in [1.82, 2.24) is 5.32 Å². The highest BCUT2D eigenvalue weighted by Gasteiger charge is 2.07. The van der Waals surface area contributed by atoms with Gasteiger partial charge in [0.2, 0.25) is 0 Å². The summed E-state index contributed by atoms with van der Waals surface area (Å²) in [5, 5.41) is 12.2. The summed E-state index contributed by atoms with van der Waals surface area (Å²) < 4.78 is 0. The third-order valence-corrected chi connectivity index (χ3v) is 3.26. The van der Waals surface area contributed by atoms with E-state index >= 15 is 0 Å². The predicted molar refractivity (Wildman–Crippen MR) is 79.4 cm³/mol. The number of nitrogen functional groups attached to an aromatic ring is 1. The van der Waals surface area contributed by atoms with Gasteiger partial charge in [-0.3, -0.25) is 4.79 Å². The summed E-state index contributed by atoms with van der Waals surface area (Å²) in [4.78, 5) is 12.0. The van der Waals surface area contributed by atoms with Crippen molar-refractivity contribution < 1.29 is 9.90 Å². The van der Waals surface area contributed by atoms with Crippen molar-refractivity contribution in [2.24, 2.45) is 0 Å². The molecule has 0 saturated heterocycles. The average molecular weight is 291 g/mol. The van der Waals surface area contributed by atoms with Crippen LogP contribution < -0.4 is 11.1 Å². The average Bonchev–Trinajstić information content (AvgIpc) is 2.48. The Kier molecular flexibility index (Phi) is 4.61. The number of aliphatic hydroxyl groups excluding tert-OH is 1. The molecule has 4 N–H and O–H groups in total. The number of aliphatic hydroxyl groups is 1. The van der Waals surface area contributed by atoms with Crippen molar-refractivity contribution in [2.45, 2.75) is 13.2 Å². The van der Waals surface area contributed by atoms with Crippen LogP contribution in [0, 0.1) is 0 Å². The van der Waals surface area contributed by atoms with E-state index in [0.717, 1.165) is 11.1 Å². The fraction of sp³-hybridized carbons (Fsp3) is 0.133. The maximum absolute atomic E-state index is 12.0. The third-order valence-electron chi connectivity index (χ3n) is 2.92. The molecule has 2 aromatic carbocycles. The molecule has 0 atom stereocenters. The molecule has 1 amide bonds. The maximum atomic E-state index is 12.0. The van der Waals surface area contributed by atoms with Crippen LogP contribution in [0.4, 0.5) is 5.69 Å². The van der Waals surface area contributed by atoms with E-state index in [4.69, 9.17) is 22.4 Å². The lowest BCUT2D eigenvalue weighted by atomic mass is 10.1. The molecule has 4 nitrogen and oxygen atoms in total. The molecule has 2 rings (SSSR count). The van der Waals surface area contributed by atoms with Gasteiger partial charge in [0.05, 0.1) is 17.3 Å². The fourth-order valence-electron chi connectivity index (χ4n) is 1.73. The van der Waals surface area contributed by atoms with E-state index in [-0.39, 0.29) is 12.5 Å². The largest absolute Gasteiger partial charge is 0.398 e. The SMILES string of the molecule is Nc1cc(C(=O)NCc2ccc(CO)cc2)ccc1Cl. The van der Waals surface area contributed by atoms with Gasteiger partial charge < -0.3 is 16.2 Å². The number of hydrogen-bond donors (Lipinski definition) is 3. The van der Waals surface area contributed by atoms with Crippen LogP contribution in [0.3, 0.4) is 0 Å². The maximum Gasteiger partial charge on any atom is 0.251 e. The van der Waals surface area contributed by atoms with Gasteiger partial charge in [0.25, 0.3) is 5.91 Å². The number of hydrogen-bond acceptors (Lipinski definition) is 3. The summed E-state index contributed by atoms with van der Waals surface area (Å²) in [6, 6.07) is 12.1. The number of nitrogens with one attached hydrogen (secondary N) is 1. The Hall–Kier alpha value is -2.04. The molecule has 0 fully saturated rings. The van der Waals surface area contributed by atoms with E-state index in [1.54, 1.807) is 18.2 Å². The number of anilines is 1. The topological polar surface area (TPSA) is 75.4 Å². The lowest BCUT2D eigenvalue weighted by molar-refractivity contribution is 0.0951. The summed E-state index contributed by atoms with van der Waals surface area (Å²) in [6.45, 7) is 0.420. The molecular weight excluding hydrogens is 276 g/mol. The molecular formula is C15H15ClN2O2. The van der Waals surface area contributed by atoms with Crippen LogP contribution in [0.1, 0.15) is 21.5 Å². The molecule has 104 valence electrons. The molecule has 0 saturated carbocycles. The minimum Gasteiger partial charge on any atom is -0.398 e. The highest BCUT2D eigenvalue weighted by molar-refractivity contribution is 6.33. The zero-order chi connectivity index (χ0) is 14.5. The summed E-state index contributed by atoms with van der Waals surface area (Å²) in [5.41, 5.74) is 8.31. The van der Waals surface area contributed by atoms with E-state index in [0.29, 0.717) is 22.8 Å². The monoisotopic (exact) mass is 290 g/mol. The number of nitrogens with two attached hydrogens (primary N) is 1.